The number of benzene rings is 3. The highest BCUT2D eigenvalue weighted by Crippen LogP contribution is 2.37. The molecule has 1 aliphatic heterocycles. The van der Waals surface area contributed by atoms with E-state index in [-0.39, 0.29) is 28.6 Å². The summed E-state index contributed by atoms with van der Waals surface area (Å²) in [5, 5.41) is 5.00. The molecule has 3 aromatic rings. The highest BCUT2D eigenvalue weighted by Gasteiger charge is 2.33. The predicted octanol–water partition coefficient (Wildman–Crippen LogP) is 5.21. The maximum Gasteiger partial charge on any atom is 0.339 e. The molecule has 0 spiro atoms. The molecule has 1 aliphatic rings. The van der Waals surface area contributed by atoms with E-state index in [2.05, 4.69) is 5.10 Å². The number of hydrogen-bond donors (Lipinski definition) is 0. The molecule has 2 amide bonds. The summed E-state index contributed by atoms with van der Waals surface area (Å²) in [5.74, 6) is -0.826. The molecule has 4 rings (SSSR count). The van der Waals surface area contributed by atoms with E-state index in [0.717, 1.165) is 10.6 Å². The van der Waals surface area contributed by atoms with Crippen LogP contribution in [0.4, 0.5) is 0 Å². The maximum absolute atomic E-state index is 13.1. The average molecular weight is 630 g/mol. The van der Waals surface area contributed by atoms with Gasteiger partial charge in [0.2, 0.25) is 0 Å². The van der Waals surface area contributed by atoms with E-state index < -0.39 is 21.9 Å². The van der Waals surface area contributed by atoms with Crippen LogP contribution < -0.4 is 8.92 Å². The zero-order chi connectivity index (χ0) is 26.7. The van der Waals surface area contributed by atoms with Crippen molar-refractivity contribution in [1.29, 1.82) is 0 Å². The number of hydrazone groups is 1. The Morgan fingerprint density at radius 2 is 1.73 bits per heavy atom. The topological polar surface area (TPSA) is 102 Å². The van der Waals surface area contributed by atoms with Crippen LogP contribution >= 0.6 is 22.6 Å². The number of carbonyl (C=O) groups excluding carboxylic acids is 2. The summed E-state index contributed by atoms with van der Waals surface area (Å²) in [6, 6.07) is 18.0. The Bertz CT molecular complexity index is 1530. The van der Waals surface area contributed by atoms with Gasteiger partial charge in [0.15, 0.2) is 11.5 Å². The molecular weight excluding hydrogens is 607 g/mol. The molecular formula is C27H23IN2O6S. The SMILES string of the molecule is CCOc1cc(/C=C2/C(=O)N(C(=O)c3ccccc3)N=C2C)cc(I)c1OS(=O)(=O)c1ccc(C)cc1. The summed E-state index contributed by atoms with van der Waals surface area (Å²) in [6.45, 7) is 5.53. The second kappa shape index (κ2) is 10.9. The summed E-state index contributed by atoms with van der Waals surface area (Å²) < 4.78 is 37.4. The average Bonchev–Trinajstić information content (AvgIpc) is 3.15. The number of aryl methyl sites for hydroxylation is 1. The molecule has 0 unspecified atom stereocenters. The van der Waals surface area contributed by atoms with Gasteiger partial charge in [-0.2, -0.15) is 18.5 Å². The van der Waals surface area contributed by atoms with Gasteiger partial charge in [-0.25, -0.2) is 0 Å². The van der Waals surface area contributed by atoms with Crippen LogP contribution in [0.25, 0.3) is 6.08 Å². The molecule has 0 aliphatic carbocycles. The minimum absolute atomic E-state index is 0.0223. The van der Waals surface area contributed by atoms with E-state index in [0.29, 0.717) is 20.4 Å². The van der Waals surface area contributed by atoms with E-state index in [1.165, 1.54) is 12.1 Å². The molecule has 37 heavy (non-hydrogen) atoms. The second-order valence-electron chi connectivity index (χ2n) is 8.15. The lowest BCUT2D eigenvalue weighted by atomic mass is 10.1. The molecule has 0 atom stereocenters. The van der Waals surface area contributed by atoms with E-state index in [4.69, 9.17) is 8.92 Å². The van der Waals surface area contributed by atoms with Crippen LogP contribution in [-0.4, -0.2) is 37.6 Å². The van der Waals surface area contributed by atoms with Gasteiger partial charge in [-0.3, -0.25) is 9.59 Å². The summed E-state index contributed by atoms with van der Waals surface area (Å²) >= 11 is 1.96. The van der Waals surface area contributed by atoms with E-state index in [9.17, 15) is 18.0 Å². The van der Waals surface area contributed by atoms with Gasteiger partial charge in [0.05, 0.1) is 21.5 Å². The Hall–Kier alpha value is -3.51. The standard InChI is InChI=1S/C27H23IN2O6S/c1-4-35-24-16-19(15-23(28)25(24)36-37(33,34)21-12-10-17(2)11-13-21)14-22-18(3)29-30(27(22)32)26(31)20-8-6-5-7-9-20/h5-16H,4H2,1-3H3/b22-14+. The number of ether oxygens (including phenoxy) is 1. The van der Waals surface area contributed by atoms with Gasteiger partial charge in [-0.15, -0.1) is 0 Å². The van der Waals surface area contributed by atoms with Gasteiger partial charge in [0, 0.05) is 5.56 Å². The fraction of sp³-hybridized carbons (Fsp3) is 0.148. The van der Waals surface area contributed by atoms with Crippen LogP contribution in [0.5, 0.6) is 11.5 Å². The van der Waals surface area contributed by atoms with Crippen molar-refractivity contribution >= 4 is 56.3 Å². The first-order valence-corrected chi connectivity index (χ1v) is 13.8. The number of nitrogens with zero attached hydrogens (tertiary/aromatic N) is 2. The van der Waals surface area contributed by atoms with Crippen LogP contribution in [0.2, 0.25) is 0 Å². The van der Waals surface area contributed by atoms with Gasteiger partial charge in [-0.05, 0) is 91.4 Å². The molecule has 0 aromatic heterocycles. The van der Waals surface area contributed by atoms with Gasteiger partial charge < -0.3 is 8.92 Å². The number of amides is 2. The van der Waals surface area contributed by atoms with Crippen molar-refractivity contribution in [3.05, 3.63) is 92.6 Å². The van der Waals surface area contributed by atoms with Gasteiger partial charge >= 0.3 is 10.1 Å². The molecule has 190 valence electrons. The molecule has 0 bridgehead atoms. The zero-order valence-corrected chi connectivity index (χ0v) is 23.2. The first-order chi connectivity index (χ1) is 17.6. The number of halogens is 1. The summed E-state index contributed by atoms with van der Waals surface area (Å²) in [4.78, 5) is 25.9. The van der Waals surface area contributed by atoms with Crippen molar-refractivity contribution in [2.75, 3.05) is 6.61 Å². The first-order valence-electron chi connectivity index (χ1n) is 11.3. The van der Waals surface area contributed by atoms with Crippen molar-refractivity contribution in [2.24, 2.45) is 5.10 Å². The van der Waals surface area contributed by atoms with Gasteiger partial charge in [0.1, 0.15) is 4.90 Å². The normalized spacial score (nSPS) is 14.6. The highest BCUT2D eigenvalue weighted by molar-refractivity contribution is 14.1. The lowest BCUT2D eigenvalue weighted by molar-refractivity contribution is -0.123. The third kappa shape index (κ3) is 5.75. The summed E-state index contributed by atoms with van der Waals surface area (Å²) in [6.07, 6.45) is 1.59. The summed E-state index contributed by atoms with van der Waals surface area (Å²) in [5.41, 5.74) is 2.44. The number of rotatable bonds is 7. The Balaban J connectivity index is 1.66. The van der Waals surface area contributed by atoms with Crippen molar-refractivity contribution < 1.29 is 26.9 Å². The zero-order valence-electron chi connectivity index (χ0n) is 20.3. The lowest BCUT2D eigenvalue weighted by Gasteiger charge is -2.15. The fourth-order valence-electron chi connectivity index (χ4n) is 3.57. The Morgan fingerprint density at radius 3 is 2.38 bits per heavy atom. The van der Waals surface area contributed by atoms with Gasteiger partial charge in [-0.1, -0.05) is 35.9 Å². The molecule has 1 heterocycles. The molecule has 0 fully saturated rings. The van der Waals surface area contributed by atoms with E-state index in [1.54, 1.807) is 74.5 Å². The quantitative estimate of drug-likeness (QED) is 0.154. The molecule has 0 saturated carbocycles. The monoisotopic (exact) mass is 630 g/mol. The van der Waals surface area contributed by atoms with Crippen molar-refractivity contribution in [2.45, 2.75) is 25.7 Å². The van der Waals surface area contributed by atoms with Crippen LogP contribution in [0.3, 0.4) is 0 Å². The largest absolute Gasteiger partial charge is 0.490 e. The molecule has 0 N–H and O–H groups in total. The lowest BCUT2D eigenvalue weighted by Crippen LogP contribution is -2.29. The van der Waals surface area contributed by atoms with E-state index in [1.807, 2.05) is 29.5 Å². The van der Waals surface area contributed by atoms with Crippen molar-refractivity contribution in [3.63, 3.8) is 0 Å². The smallest absolute Gasteiger partial charge is 0.339 e. The molecule has 0 radical (unpaired) electrons. The Kier molecular flexibility index (Phi) is 7.79. The summed E-state index contributed by atoms with van der Waals surface area (Å²) in [7, 11) is -4.11. The van der Waals surface area contributed by atoms with Crippen LogP contribution in [0.15, 0.2) is 82.3 Å². The van der Waals surface area contributed by atoms with E-state index >= 15 is 0 Å². The number of carbonyl (C=O) groups is 2. The Morgan fingerprint density at radius 1 is 1.05 bits per heavy atom. The highest BCUT2D eigenvalue weighted by atomic mass is 127. The number of hydrogen-bond acceptors (Lipinski definition) is 7. The molecule has 8 nitrogen and oxygen atoms in total. The second-order valence-corrected chi connectivity index (χ2v) is 10.9. The van der Waals surface area contributed by atoms with Crippen LogP contribution in [0.1, 0.15) is 35.3 Å². The molecule has 0 saturated heterocycles. The number of imide groups is 1. The minimum atomic E-state index is -4.11. The molecule has 10 heteroatoms. The third-order valence-corrected chi connectivity index (χ3v) is 7.46. The predicted molar refractivity (Wildman–Crippen MR) is 148 cm³/mol. The van der Waals surface area contributed by atoms with Crippen LogP contribution in [0, 0.1) is 10.5 Å². The van der Waals surface area contributed by atoms with Gasteiger partial charge in [0.25, 0.3) is 11.8 Å². The minimum Gasteiger partial charge on any atom is -0.490 e. The third-order valence-electron chi connectivity index (χ3n) is 5.42. The Labute approximate surface area is 228 Å². The molecule has 3 aromatic carbocycles. The fourth-order valence-corrected chi connectivity index (χ4v) is 5.41. The van der Waals surface area contributed by atoms with Crippen molar-refractivity contribution in [3.8, 4) is 11.5 Å². The maximum atomic E-state index is 13.1. The van der Waals surface area contributed by atoms with Crippen LogP contribution in [-0.2, 0) is 14.9 Å². The van der Waals surface area contributed by atoms with Crippen molar-refractivity contribution in [1.82, 2.24) is 5.01 Å². The first kappa shape index (κ1) is 26.6.